The fourth-order valence-electron chi connectivity index (χ4n) is 1.93. The molecule has 1 rings (SSSR count). The molecule has 1 aliphatic rings. The van der Waals surface area contributed by atoms with Crippen LogP contribution in [0.2, 0.25) is 0 Å². The van der Waals surface area contributed by atoms with Crippen LogP contribution < -0.4 is 0 Å². The van der Waals surface area contributed by atoms with Crippen molar-refractivity contribution in [1.29, 1.82) is 5.26 Å². The molecule has 1 heterocycles. The van der Waals surface area contributed by atoms with Crippen molar-refractivity contribution in [2.75, 3.05) is 12.3 Å². The molecule has 0 amide bonds. The Hall–Kier alpha value is -1.13. The van der Waals surface area contributed by atoms with E-state index in [1.165, 1.54) is 0 Å². The highest BCUT2D eigenvalue weighted by atomic mass is 32.2. The maximum Gasteiger partial charge on any atom is 0.322 e. The maximum atomic E-state index is 11.9. The Balaban J connectivity index is 2.58. The number of carboxylic acids is 1. The van der Waals surface area contributed by atoms with Crippen LogP contribution in [0.25, 0.3) is 0 Å². The van der Waals surface area contributed by atoms with Crippen molar-refractivity contribution in [2.24, 2.45) is 0 Å². The minimum atomic E-state index is -3.49. The molecular formula is C10H16N2O4S. The Morgan fingerprint density at radius 1 is 1.47 bits per heavy atom. The summed E-state index contributed by atoms with van der Waals surface area (Å²) in [5.41, 5.74) is 0. The van der Waals surface area contributed by atoms with Crippen molar-refractivity contribution >= 4 is 16.0 Å². The third-order valence-electron chi connectivity index (χ3n) is 2.79. The highest BCUT2D eigenvalue weighted by Crippen LogP contribution is 2.22. The van der Waals surface area contributed by atoms with Crippen molar-refractivity contribution in [1.82, 2.24) is 4.31 Å². The zero-order valence-electron chi connectivity index (χ0n) is 9.50. The van der Waals surface area contributed by atoms with Crippen molar-refractivity contribution in [3.63, 3.8) is 0 Å². The monoisotopic (exact) mass is 260 g/mol. The topological polar surface area (TPSA) is 98.5 Å². The first-order chi connectivity index (χ1) is 7.99. The standard InChI is InChI=1S/C10H16N2O4S/c11-6-2-1-3-8-17(15,16)12-7-4-5-9(12)10(13)14/h9H,1-5,7-8H2,(H,13,14)/t9-/m1/s1. The number of hydrogen-bond donors (Lipinski definition) is 1. The first kappa shape index (κ1) is 13.9. The van der Waals surface area contributed by atoms with Gasteiger partial charge in [0.2, 0.25) is 10.0 Å². The molecule has 0 aromatic carbocycles. The van der Waals surface area contributed by atoms with E-state index in [2.05, 4.69) is 0 Å². The molecule has 1 N–H and O–H groups in total. The van der Waals surface area contributed by atoms with Gasteiger partial charge in [-0.2, -0.15) is 9.57 Å². The lowest BCUT2D eigenvalue weighted by Crippen LogP contribution is -2.41. The van der Waals surface area contributed by atoms with Gasteiger partial charge in [0, 0.05) is 13.0 Å². The van der Waals surface area contributed by atoms with Crippen LogP contribution in [0.4, 0.5) is 0 Å². The van der Waals surface area contributed by atoms with Gasteiger partial charge in [-0.05, 0) is 25.7 Å². The molecule has 0 radical (unpaired) electrons. The molecule has 6 nitrogen and oxygen atoms in total. The van der Waals surface area contributed by atoms with Crippen molar-refractivity contribution in [3.05, 3.63) is 0 Å². The van der Waals surface area contributed by atoms with E-state index < -0.39 is 22.0 Å². The molecule has 1 aliphatic heterocycles. The number of aliphatic carboxylic acids is 1. The van der Waals surface area contributed by atoms with E-state index in [-0.39, 0.29) is 12.3 Å². The molecule has 0 saturated carbocycles. The smallest absolute Gasteiger partial charge is 0.322 e. The molecule has 0 aromatic heterocycles. The largest absolute Gasteiger partial charge is 0.480 e. The predicted octanol–water partition coefficient (Wildman–Crippen LogP) is 0.559. The van der Waals surface area contributed by atoms with Crippen LogP contribution in [-0.2, 0) is 14.8 Å². The maximum absolute atomic E-state index is 11.9. The molecule has 7 heteroatoms. The number of nitriles is 1. The third kappa shape index (κ3) is 3.68. The Labute approximate surface area is 101 Å². The molecule has 96 valence electrons. The predicted molar refractivity (Wildman–Crippen MR) is 60.6 cm³/mol. The summed E-state index contributed by atoms with van der Waals surface area (Å²) in [7, 11) is -3.49. The van der Waals surface area contributed by atoms with Gasteiger partial charge in [0.15, 0.2) is 0 Å². The zero-order chi connectivity index (χ0) is 12.9. The lowest BCUT2D eigenvalue weighted by Gasteiger charge is -2.20. The van der Waals surface area contributed by atoms with E-state index in [9.17, 15) is 13.2 Å². The highest BCUT2D eigenvalue weighted by Gasteiger charge is 2.37. The van der Waals surface area contributed by atoms with E-state index in [0.717, 1.165) is 4.31 Å². The van der Waals surface area contributed by atoms with Gasteiger partial charge in [-0.25, -0.2) is 8.42 Å². The van der Waals surface area contributed by atoms with Gasteiger partial charge in [-0.3, -0.25) is 4.79 Å². The van der Waals surface area contributed by atoms with Crippen LogP contribution in [-0.4, -0.2) is 42.1 Å². The molecule has 17 heavy (non-hydrogen) atoms. The number of hydrogen-bond acceptors (Lipinski definition) is 4. The summed E-state index contributed by atoms with van der Waals surface area (Å²) in [4.78, 5) is 10.9. The van der Waals surface area contributed by atoms with Gasteiger partial charge in [0.25, 0.3) is 0 Å². The third-order valence-corrected chi connectivity index (χ3v) is 4.74. The molecule has 0 spiro atoms. The fourth-order valence-corrected chi connectivity index (χ4v) is 3.72. The first-order valence-corrected chi connectivity index (χ1v) is 7.19. The van der Waals surface area contributed by atoms with Gasteiger partial charge >= 0.3 is 5.97 Å². The van der Waals surface area contributed by atoms with Crippen molar-refractivity contribution < 1.29 is 18.3 Å². The number of rotatable bonds is 6. The average Bonchev–Trinajstić information content (AvgIpc) is 2.74. The molecule has 0 bridgehead atoms. The Kier molecular flexibility index (Phi) is 4.90. The van der Waals surface area contributed by atoms with E-state index in [0.29, 0.717) is 32.1 Å². The van der Waals surface area contributed by atoms with Crippen LogP contribution in [0.5, 0.6) is 0 Å². The summed E-state index contributed by atoms with van der Waals surface area (Å²) in [5.74, 6) is -1.15. The Bertz CT molecular complexity index is 413. The molecule has 0 aliphatic carbocycles. The van der Waals surface area contributed by atoms with E-state index >= 15 is 0 Å². The molecular weight excluding hydrogens is 244 g/mol. The number of carbonyl (C=O) groups is 1. The van der Waals surface area contributed by atoms with Crippen LogP contribution in [0, 0.1) is 11.3 Å². The average molecular weight is 260 g/mol. The summed E-state index contributed by atoms with van der Waals surface area (Å²) in [5, 5.41) is 17.2. The SMILES string of the molecule is N#CCCCCS(=O)(=O)N1CCC[C@@H]1C(=O)O. The number of nitrogens with zero attached hydrogens (tertiary/aromatic N) is 2. The van der Waals surface area contributed by atoms with E-state index in [1.54, 1.807) is 0 Å². The van der Waals surface area contributed by atoms with Crippen LogP contribution >= 0.6 is 0 Å². The van der Waals surface area contributed by atoms with Gasteiger partial charge in [0.1, 0.15) is 6.04 Å². The van der Waals surface area contributed by atoms with Crippen molar-refractivity contribution in [2.45, 2.75) is 38.1 Å². The number of unbranched alkanes of at least 4 members (excludes halogenated alkanes) is 2. The molecule has 1 saturated heterocycles. The minimum absolute atomic E-state index is 0.0710. The quantitative estimate of drug-likeness (QED) is 0.703. The lowest BCUT2D eigenvalue weighted by molar-refractivity contribution is -0.140. The summed E-state index contributed by atoms with van der Waals surface area (Å²) < 4.78 is 24.9. The van der Waals surface area contributed by atoms with Gasteiger partial charge in [-0.15, -0.1) is 0 Å². The second-order valence-electron chi connectivity index (χ2n) is 4.04. The Morgan fingerprint density at radius 2 is 2.18 bits per heavy atom. The molecule has 0 aromatic rings. The van der Waals surface area contributed by atoms with E-state index in [1.807, 2.05) is 6.07 Å². The summed E-state index contributed by atoms with van der Waals surface area (Å²) in [6.45, 7) is 0.289. The van der Waals surface area contributed by atoms with Crippen LogP contribution in [0.1, 0.15) is 32.1 Å². The molecule has 0 unspecified atom stereocenters. The minimum Gasteiger partial charge on any atom is -0.480 e. The van der Waals surface area contributed by atoms with Crippen molar-refractivity contribution in [3.8, 4) is 6.07 Å². The number of sulfonamides is 1. The zero-order valence-corrected chi connectivity index (χ0v) is 10.3. The van der Waals surface area contributed by atoms with Gasteiger partial charge < -0.3 is 5.11 Å². The second-order valence-corrected chi connectivity index (χ2v) is 6.08. The Morgan fingerprint density at radius 3 is 2.76 bits per heavy atom. The molecule has 1 fully saturated rings. The fraction of sp³-hybridized carbons (Fsp3) is 0.800. The summed E-state index contributed by atoms with van der Waals surface area (Å²) in [6.07, 6.45) is 2.24. The van der Waals surface area contributed by atoms with Crippen LogP contribution in [0.3, 0.4) is 0 Å². The highest BCUT2D eigenvalue weighted by molar-refractivity contribution is 7.89. The van der Waals surface area contributed by atoms with E-state index in [4.69, 9.17) is 10.4 Å². The number of carboxylic acid groups (broad SMARTS) is 1. The van der Waals surface area contributed by atoms with Crippen LogP contribution in [0.15, 0.2) is 0 Å². The second kappa shape index (κ2) is 5.98. The summed E-state index contributed by atoms with van der Waals surface area (Å²) >= 11 is 0. The molecule has 1 atom stereocenters. The first-order valence-electron chi connectivity index (χ1n) is 5.58. The normalized spacial score (nSPS) is 21.2. The lowest BCUT2D eigenvalue weighted by atomic mass is 10.2. The van der Waals surface area contributed by atoms with Gasteiger partial charge in [-0.1, -0.05) is 0 Å². The van der Waals surface area contributed by atoms with Gasteiger partial charge in [0.05, 0.1) is 11.8 Å². The summed E-state index contributed by atoms with van der Waals surface area (Å²) in [6, 6.07) is 1.04.